The van der Waals surface area contributed by atoms with Gasteiger partial charge in [0.25, 0.3) is 0 Å². The Kier molecular flexibility index (Phi) is 5.83. The average molecular weight is 321 g/mol. The quantitative estimate of drug-likeness (QED) is 0.795. The molecule has 0 aromatic heterocycles. The van der Waals surface area contributed by atoms with Gasteiger partial charge in [0.2, 0.25) is 0 Å². The minimum absolute atomic E-state index is 0.00338. The zero-order valence-electron chi connectivity index (χ0n) is 12.1. The van der Waals surface area contributed by atoms with Gasteiger partial charge in [-0.1, -0.05) is 0 Å². The van der Waals surface area contributed by atoms with Crippen LogP contribution in [0.1, 0.15) is 25.8 Å². The van der Waals surface area contributed by atoms with Gasteiger partial charge in [0.1, 0.15) is 11.6 Å². The number of aliphatic hydroxyl groups is 1. The van der Waals surface area contributed by atoms with Gasteiger partial charge in [-0.3, -0.25) is 0 Å². The third-order valence-corrected chi connectivity index (χ3v) is 5.96. The highest BCUT2D eigenvalue weighted by Gasteiger charge is 2.33. The summed E-state index contributed by atoms with van der Waals surface area (Å²) in [4.78, 5) is 0. The monoisotopic (exact) mass is 321 g/mol. The van der Waals surface area contributed by atoms with Crippen LogP contribution in [0.25, 0.3) is 0 Å². The first-order chi connectivity index (χ1) is 9.66. The van der Waals surface area contributed by atoms with Crippen molar-refractivity contribution in [1.82, 2.24) is 0 Å². The van der Waals surface area contributed by atoms with Crippen molar-refractivity contribution in [2.75, 3.05) is 18.9 Å². The standard InChI is InChI=1S/C14H21F2NO3S/c1-10(2)21(19,20)4-3-14(8-17,9-18)11-5-12(15)7-13(16)6-11/h5-7,10,18H,3-4,8-9,17H2,1-2H3. The first kappa shape index (κ1) is 18.0. The number of sulfone groups is 1. The average Bonchev–Trinajstić information content (AvgIpc) is 2.39. The van der Waals surface area contributed by atoms with Crippen LogP contribution in [0.5, 0.6) is 0 Å². The number of aliphatic hydroxyl groups excluding tert-OH is 1. The van der Waals surface area contributed by atoms with Crippen molar-refractivity contribution >= 4 is 9.84 Å². The molecule has 1 rings (SSSR count). The SMILES string of the molecule is CC(C)S(=O)(=O)CCC(CN)(CO)c1cc(F)cc(F)c1. The summed E-state index contributed by atoms with van der Waals surface area (Å²) in [5.41, 5.74) is 4.65. The van der Waals surface area contributed by atoms with Gasteiger partial charge in [-0.05, 0) is 38.0 Å². The van der Waals surface area contributed by atoms with Crippen LogP contribution in [-0.2, 0) is 15.3 Å². The summed E-state index contributed by atoms with van der Waals surface area (Å²) in [5, 5.41) is 9.07. The second-order valence-corrected chi connectivity index (χ2v) is 8.14. The first-order valence-corrected chi connectivity index (χ1v) is 8.37. The van der Waals surface area contributed by atoms with E-state index in [1.54, 1.807) is 13.8 Å². The van der Waals surface area contributed by atoms with E-state index in [0.29, 0.717) is 6.07 Å². The molecule has 0 aliphatic carbocycles. The Morgan fingerprint density at radius 1 is 1.24 bits per heavy atom. The second kappa shape index (κ2) is 6.81. The van der Waals surface area contributed by atoms with Crippen molar-refractivity contribution in [3.63, 3.8) is 0 Å². The van der Waals surface area contributed by atoms with Gasteiger partial charge in [-0.2, -0.15) is 0 Å². The molecule has 1 aromatic rings. The Labute approximate surface area is 123 Å². The fourth-order valence-electron chi connectivity index (χ4n) is 2.03. The fraction of sp³-hybridized carbons (Fsp3) is 0.571. The Hall–Kier alpha value is -1.05. The number of nitrogens with two attached hydrogens (primary N) is 1. The molecule has 0 bridgehead atoms. The molecule has 0 aliphatic heterocycles. The molecule has 1 unspecified atom stereocenters. The van der Waals surface area contributed by atoms with Gasteiger partial charge in [0, 0.05) is 18.0 Å². The zero-order chi connectivity index (χ0) is 16.3. The summed E-state index contributed by atoms with van der Waals surface area (Å²) in [6.45, 7) is 2.51. The first-order valence-electron chi connectivity index (χ1n) is 6.66. The van der Waals surface area contributed by atoms with Crippen molar-refractivity contribution in [3.8, 4) is 0 Å². The molecule has 1 atom stereocenters. The van der Waals surface area contributed by atoms with Crippen molar-refractivity contribution in [2.24, 2.45) is 5.73 Å². The molecule has 0 heterocycles. The highest BCUT2D eigenvalue weighted by Crippen LogP contribution is 2.29. The lowest BCUT2D eigenvalue weighted by molar-refractivity contribution is 0.192. The van der Waals surface area contributed by atoms with Crippen molar-refractivity contribution in [2.45, 2.75) is 30.9 Å². The molecular formula is C14H21F2NO3S. The maximum Gasteiger partial charge on any atom is 0.152 e. The Morgan fingerprint density at radius 2 is 1.76 bits per heavy atom. The van der Waals surface area contributed by atoms with E-state index in [9.17, 15) is 22.3 Å². The molecular weight excluding hydrogens is 300 g/mol. The van der Waals surface area contributed by atoms with Crippen LogP contribution < -0.4 is 5.73 Å². The minimum atomic E-state index is -3.33. The van der Waals surface area contributed by atoms with E-state index in [4.69, 9.17) is 5.73 Å². The summed E-state index contributed by atoms with van der Waals surface area (Å²) >= 11 is 0. The van der Waals surface area contributed by atoms with Crippen molar-refractivity contribution < 1.29 is 22.3 Å². The number of hydrogen-bond donors (Lipinski definition) is 2. The van der Waals surface area contributed by atoms with E-state index < -0.39 is 38.7 Å². The zero-order valence-corrected chi connectivity index (χ0v) is 13.0. The van der Waals surface area contributed by atoms with Crippen LogP contribution >= 0.6 is 0 Å². The number of halogens is 2. The summed E-state index contributed by atoms with van der Waals surface area (Å²) in [6.07, 6.45) is 0.00338. The molecule has 0 aliphatic rings. The topological polar surface area (TPSA) is 80.4 Å². The van der Waals surface area contributed by atoms with Crippen LogP contribution in [0.3, 0.4) is 0 Å². The molecule has 7 heteroatoms. The van der Waals surface area contributed by atoms with Gasteiger partial charge in [0.15, 0.2) is 9.84 Å². The Bertz CT molecular complexity index is 564. The largest absolute Gasteiger partial charge is 0.395 e. The molecule has 21 heavy (non-hydrogen) atoms. The van der Waals surface area contributed by atoms with Crippen LogP contribution in [-0.4, -0.2) is 37.7 Å². The molecule has 0 saturated heterocycles. The fourth-order valence-corrected chi connectivity index (χ4v) is 3.18. The molecule has 1 aromatic carbocycles. The van der Waals surface area contributed by atoms with E-state index in [-0.39, 0.29) is 24.3 Å². The van der Waals surface area contributed by atoms with Crippen LogP contribution in [0.15, 0.2) is 18.2 Å². The molecule has 0 radical (unpaired) electrons. The number of benzene rings is 1. The third kappa shape index (κ3) is 4.21. The van der Waals surface area contributed by atoms with E-state index in [0.717, 1.165) is 12.1 Å². The molecule has 0 spiro atoms. The summed E-state index contributed by atoms with van der Waals surface area (Å²) in [5.74, 6) is -1.79. The van der Waals surface area contributed by atoms with E-state index in [2.05, 4.69) is 0 Å². The summed E-state index contributed by atoms with van der Waals surface area (Å²) < 4.78 is 50.5. The highest BCUT2D eigenvalue weighted by molar-refractivity contribution is 7.91. The molecule has 120 valence electrons. The predicted molar refractivity (Wildman–Crippen MR) is 77.7 cm³/mol. The lowest BCUT2D eigenvalue weighted by Gasteiger charge is -2.31. The van der Waals surface area contributed by atoms with E-state index >= 15 is 0 Å². The normalized spacial score (nSPS) is 15.2. The maximum atomic E-state index is 13.4. The molecule has 4 nitrogen and oxygen atoms in total. The Morgan fingerprint density at radius 3 is 2.14 bits per heavy atom. The molecule has 0 saturated carbocycles. The van der Waals surface area contributed by atoms with Gasteiger partial charge in [-0.25, -0.2) is 17.2 Å². The van der Waals surface area contributed by atoms with Gasteiger partial charge in [-0.15, -0.1) is 0 Å². The minimum Gasteiger partial charge on any atom is -0.395 e. The number of hydrogen-bond acceptors (Lipinski definition) is 4. The van der Waals surface area contributed by atoms with Crippen LogP contribution in [0.2, 0.25) is 0 Å². The molecule has 3 N–H and O–H groups in total. The predicted octanol–water partition coefficient (Wildman–Crippen LogP) is 1.37. The summed E-state index contributed by atoms with van der Waals surface area (Å²) in [6, 6.07) is 2.87. The molecule has 0 amide bonds. The number of rotatable bonds is 7. The summed E-state index contributed by atoms with van der Waals surface area (Å²) in [7, 11) is -3.33. The Balaban J connectivity index is 3.14. The van der Waals surface area contributed by atoms with Gasteiger partial charge in [0.05, 0.1) is 17.6 Å². The lowest BCUT2D eigenvalue weighted by atomic mass is 9.79. The van der Waals surface area contributed by atoms with Gasteiger partial charge >= 0.3 is 0 Å². The second-order valence-electron chi connectivity index (χ2n) is 5.47. The maximum absolute atomic E-state index is 13.4. The third-order valence-electron chi connectivity index (χ3n) is 3.75. The van der Waals surface area contributed by atoms with Gasteiger partial charge < -0.3 is 10.8 Å². The molecule has 0 fully saturated rings. The van der Waals surface area contributed by atoms with Crippen LogP contribution in [0, 0.1) is 11.6 Å². The van der Waals surface area contributed by atoms with E-state index in [1.807, 2.05) is 0 Å². The lowest BCUT2D eigenvalue weighted by Crippen LogP contribution is -2.41. The van der Waals surface area contributed by atoms with Crippen LogP contribution in [0.4, 0.5) is 8.78 Å². The van der Waals surface area contributed by atoms with Crippen molar-refractivity contribution in [1.29, 1.82) is 0 Å². The highest BCUT2D eigenvalue weighted by atomic mass is 32.2. The van der Waals surface area contributed by atoms with Crippen molar-refractivity contribution in [3.05, 3.63) is 35.4 Å². The van der Waals surface area contributed by atoms with E-state index in [1.165, 1.54) is 0 Å². The smallest absolute Gasteiger partial charge is 0.152 e.